The fourth-order valence-corrected chi connectivity index (χ4v) is 1.73. The van der Waals surface area contributed by atoms with Crippen LogP contribution in [0.1, 0.15) is 0 Å². The number of nitro groups is 1. The highest BCUT2D eigenvalue weighted by atomic mass is 19.1. The number of imidazole rings is 1. The molecule has 1 N–H and O–H groups in total. The van der Waals surface area contributed by atoms with E-state index in [1.807, 2.05) is 0 Å². The Morgan fingerprint density at radius 3 is 2.68 bits per heavy atom. The summed E-state index contributed by atoms with van der Waals surface area (Å²) >= 11 is 0. The van der Waals surface area contributed by atoms with Crippen molar-refractivity contribution in [1.29, 1.82) is 0 Å². The van der Waals surface area contributed by atoms with Gasteiger partial charge in [0.05, 0.1) is 4.92 Å². The summed E-state index contributed by atoms with van der Waals surface area (Å²) in [6.07, 6.45) is 1.16. The van der Waals surface area contributed by atoms with Crippen molar-refractivity contribution in [3.8, 4) is 11.4 Å². The maximum Gasteiger partial charge on any atom is 0.289 e. The normalized spacial score (nSPS) is 10.8. The third-order valence-corrected chi connectivity index (χ3v) is 2.65. The first kappa shape index (κ1) is 11.3. The highest BCUT2D eigenvalue weighted by molar-refractivity contribution is 5.77. The van der Waals surface area contributed by atoms with Gasteiger partial charge < -0.3 is 4.98 Å². The van der Waals surface area contributed by atoms with E-state index in [2.05, 4.69) is 15.0 Å². The van der Waals surface area contributed by atoms with Gasteiger partial charge in [0.15, 0.2) is 5.65 Å². The Kier molecular flexibility index (Phi) is 2.45. The summed E-state index contributed by atoms with van der Waals surface area (Å²) in [4.78, 5) is 21.2. The Hall–Kier alpha value is -2.83. The molecule has 0 fully saturated rings. The molecule has 7 heteroatoms. The topological polar surface area (TPSA) is 84.7 Å². The lowest BCUT2D eigenvalue weighted by Crippen LogP contribution is -1.88. The van der Waals surface area contributed by atoms with Crippen LogP contribution in [-0.4, -0.2) is 19.9 Å². The molecule has 0 amide bonds. The Labute approximate surface area is 106 Å². The van der Waals surface area contributed by atoms with Gasteiger partial charge in [-0.3, -0.25) is 10.1 Å². The second-order valence-electron chi connectivity index (χ2n) is 3.91. The highest BCUT2D eigenvalue weighted by Gasteiger charge is 2.11. The molecule has 0 unspecified atom stereocenters. The van der Waals surface area contributed by atoms with Gasteiger partial charge in [-0.15, -0.1) is 0 Å². The van der Waals surface area contributed by atoms with Crippen LogP contribution in [0.5, 0.6) is 0 Å². The Morgan fingerprint density at radius 1 is 1.26 bits per heavy atom. The lowest BCUT2D eigenvalue weighted by atomic mass is 10.2. The van der Waals surface area contributed by atoms with E-state index in [1.54, 1.807) is 12.1 Å². The number of hydrogen-bond acceptors (Lipinski definition) is 4. The van der Waals surface area contributed by atoms with Crippen molar-refractivity contribution >= 4 is 16.9 Å². The molecule has 0 saturated heterocycles. The van der Waals surface area contributed by atoms with Crippen molar-refractivity contribution in [2.75, 3.05) is 0 Å². The maximum atomic E-state index is 12.8. The van der Waals surface area contributed by atoms with E-state index in [-0.39, 0.29) is 11.5 Å². The van der Waals surface area contributed by atoms with Gasteiger partial charge in [0.2, 0.25) is 0 Å². The van der Waals surface area contributed by atoms with Crippen LogP contribution in [0.4, 0.5) is 10.1 Å². The van der Waals surface area contributed by atoms with Gasteiger partial charge in [0.1, 0.15) is 23.4 Å². The molecule has 3 rings (SSSR count). The number of aromatic amines is 1. The molecule has 0 aliphatic carbocycles. The molecule has 0 spiro atoms. The van der Waals surface area contributed by atoms with Crippen LogP contribution in [-0.2, 0) is 0 Å². The van der Waals surface area contributed by atoms with Crippen LogP contribution in [0.25, 0.3) is 22.6 Å². The number of aromatic nitrogens is 3. The summed E-state index contributed by atoms with van der Waals surface area (Å²) in [7, 11) is 0. The van der Waals surface area contributed by atoms with Crippen LogP contribution in [0.15, 0.2) is 36.5 Å². The monoisotopic (exact) mass is 258 g/mol. The SMILES string of the molecule is O=[N+]([O-])c1cnc2[nH]c(-c3ccc(F)cc3)nc2c1. The molecule has 3 aromatic rings. The minimum atomic E-state index is -0.529. The average Bonchev–Trinajstić information content (AvgIpc) is 2.82. The molecule has 0 saturated carbocycles. The van der Waals surface area contributed by atoms with Crippen LogP contribution >= 0.6 is 0 Å². The Balaban J connectivity index is 2.11. The predicted molar refractivity (Wildman–Crippen MR) is 65.9 cm³/mol. The number of rotatable bonds is 2. The summed E-state index contributed by atoms with van der Waals surface area (Å²) in [6.45, 7) is 0. The van der Waals surface area contributed by atoms with E-state index < -0.39 is 4.92 Å². The number of nitrogens with one attached hydrogen (secondary N) is 1. The third kappa shape index (κ3) is 2.01. The number of pyridine rings is 1. The van der Waals surface area contributed by atoms with Gasteiger partial charge in [0, 0.05) is 11.6 Å². The van der Waals surface area contributed by atoms with E-state index in [0.717, 1.165) is 6.20 Å². The molecule has 2 aromatic heterocycles. The number of nitrogens with zero attached hydrogens (tertiary/aromatic N) is 3. The minimum Gasteiger partial charge on any atom is -0.323 e. The molecule has 0 radical (unpaired) electrons. The van der Waals surface area contributed by atoms with Crippen LogP contribution < -0.4 is 0 Å². The predicted octanol–water partition coefficient (Wildman–Crippen LogP) is 2.67. The number of fused-ring (bicyclic) bond motifs is 1. The molecular weight excluding hydrogens is 251 g/mol. The van der Waals surface area contributed by atoms with Crippen LogP contribution in [0.3, 0.4) is 0 Å². The molecule has 2 heterocycles. The minimum absolute atomic E-state index is 0.121. The second kappa shape index (κ2) is 4.13. The van der Waals surface area contributed by atoms with E-state index in [0.29, 0.717) is 22.6 Å². The molecule has 0 atom stereocenters. The maximum absolute atomic E-state index is 12.8. The van der Waals surface area contributed by atoms with E-state index in [9.17, 15) is 14.5 Å². The number of halogens is 1. The first-order valence-corrected chi connectivity index (χ1v) is 5.39. The average molecular weight is 258 g/mol. The molecule has 0 bridgehead atoms. The Morgan fingerprint density at radius 2 is 2.00 bits per heavy atom. The van der Waals surface area contributed by atoms with Gasteiger partial charge in [-0.2, -0.15) is 0 Å². The number of benzene rings is 1. The lowest BCUT2D eigenvalue weighted by molar-refractivity contribution is -0.385. The van der Waals surface area contributed by atoms with Crippen molar-refractivity contribution in [2.24, 2.45) is 0 Å². The lowest BCUT2D eigenvalue weighted by Gasteiger charge is -1.94. The van der Waals surface area contributed by atoms with E-state index in [1.165, 1.54) is 18.2 Å². The second-order valence-corrected chi connectivity index (χ2v) is 3.91. The summed E-state index contributed by atoms with van der Waals surface area (Å²) < 4.78 is 12.8. The largest absolute Gasteiger partial charge is 0.323 e. The summed E-state index contributed by atoms with van der Waals surface area (Å²) in [5, 5.41) is 10.6. The van der Waals surface area contributed by atoms with E-state index in [4.69, 9.17) is 0 Å². The first-order chi connectivity index (χ1) is 9.13. The van der Waals surface area contributed by atoms with Gasteiger partial charge in [0.25, 0.3) is 5.69 Å². The summed E-state index contributed by atoms with van der Waals surface area (Å²) in [6, 6.07) is 7.12. The molecule has 0 aliphatic heterocycles. The Bertz CT molecular complexity index is 767. The molecule has 94 valence electrons. The zero-order chi connectivity index (χ0) is 13.4. The van der Waals surface area contributed by atoms with Crippen molar-refractivity contribution in [1.82, 2.24) is 15.0 Å². The van der Waals surface area contributed by atoms with Gasteiger partial charge >= 0.3 is 0 Å². The van der Waals surface area contributed by atoms with Crippen LogP contribution in [0, 0.1) is 15.9 Å². The fourth-order valence-electron chi connectivity index (χ4n) is 1.73. The number of H-pyrrole nitrogens is 1. The fraction of sp³-hybridized carbons (Fsp3) is 0. The summed E-state index contributed by atoms with van der Waals surface area (Å²) in [5.74, 6) is 0.150. The van der Waals surface area contributed by atoms with Crippen LogP contribution in [0.2, 0.25) is 0 Å². The third-order valence-electron chi connectivity index (χ3n) is 2.65. The first-order valence-electron chi connectivity index (χ1n) is 5.39. The quantitative estimate of drug-likeness (QED) is 0.565. The molecule has 1 aromatic carbocycles. The number of hydrogen-bond donors (Lipinski definition) is 1. The van der Waals surface area contributed by atoms with Gasteiger partial charge in [-0.05, 0) is 24.3 Å². The van der Waals surface area contributed by atoms with Crippen molar-refractivity contribution < 1.29 is 9.31 Å². The molecule has 19 heavy (non-hydrogen) atoms. The van der Waals surface area contributed by atoms with Gasteiger partial charge in [-0.1, -0.05) is 0 Å². The molecular formula is C12H7FN4O2. The standard InChI is InChI=1S/C12H7FN4O2/c13-8-3-1-7(2-4-8)11-15-10-5-9(17(18)19)6-14-12(10)16-11/h1-6H,(H,14,15,16). The molecule has 0 aliphatic rings. The van der Waals surface area contributed by atoms with Crippen molar-refractivity contribution in [3.05, 3.63) is 52.5 Å². The van der Waals surface area contributed by atoms with E-state index >= 15 is 0 Å². The molecule has 6 nitrogen and oxygen atoms in total. The van der Waals surface area contributed by atoms with Crippen molar-refractivity contribution in [3.63, 3.8) is 0 Å². The smallest absolute Gasteiger partial charge is 0.289 e. The van der Waals surface area contributed by atoms with Crippen molar-refractivity contribution in [2.45, 2.75) is 0 Å². The highest BCUT2D eigenvalue weighted by Crippen LogP contribution is 2.22. The van der Waals surface area contributed by atoms with Gasteiger partial charge in [-0.25, -0.2) is 14.4 Å². The zero-order valence-corrected chi connectivity index (χ0v) is 9.50. The summed E-state index contributed by atoms with van der Waals surface area (Å²) in [5.41, 5.74) is 1.41. The zero-order valence-electron chi connectivity index (χ0n) is 9.50.